The van der Waals surface area contributed by atoms with Crippen LogP contribution in [0.4, 0.5) is 0 Å². The van der Waals surface area contributed by atoms with E-state index in [4.69, 9.17) is 4.74 Å². The zero-order chi connectivity index (χ0) is 15.2. The van der Waals surface area contributed by atoms with Gasteiger partial charge in [-0.1, -0.05) is 19.1 Å². The molecule has 4 heteroatoms. The SMILES string of the molecule is CC[C@H](C(=O)O)N1CCC(Cc2ccc(OC)cc2)CC1. The first-order valence-corrected chi connectivity index (χ1v) is 7.73. The molecular formula is C17H25NO3. The molecule has 0 radical (unpaired) electrons. The number of hydrogen-bond donors (Lipinski definition) is 1. The molecule has 4 nitrogen and oxygen atoms in total. The van der Waals surface area contributed by atoms with E-state index in [1.807, 2.05) is 19.1 Å². The fourth-order valence-electron chi connectivity index (χ4n) is 3.15. The highest BCUT2D eigenvalue weighted by atomic mass is 16.5. The molecule has 0 spiro atoms. The lowest BCUT2D eigenvalue weighted by Crippen LogP contribution is -2.45. The molecule has 1 aliphatic rings. The Kier molecular flexibility index (Phi) is 5.62. The van der Waals surface area contributed by atoms with E-state index in [1.165, 1.54) is 5.56 Å². The third kappa shape index (κ3) is 4.21. The maximum Gasteiger partial charge on any atom is 0.320 e. The molecule has 1 heterocycles. The van der Waals surface area contributed by atoms with Gasteiger partial charge in [0.2, 0.25) is 0 Å². The third-order valence-electron chi connectivity index (χ3n) is 4.45. The van der Waals surface area contributed by atoms with Crippen molar-refractivity contribution in [3.8, 4) is 5.75 Å². The normalized spacial score (nSPS) is 18.4. The van der Waals surface area contributed by atoms with E-state index in [9.17, 15) is 9.90 Å². The summed E-state index contributed by atoms with van der Waals surface area (Å²) < 4.78 is 5.17. The minimum atomic E-state index is -0.689. The van der Waals surface area contributed by atoms with Crippen molar-refractivity contribution in [2.75, 3.05) is 20.2 Å². The van der Waals surface area contributed by atoms with Gasteiger partial charge in [0.1, 0.15) is 11.8 Å². The molecule has 1 aromatic rings. The Labute approximate surface area is 126 Å². The number of aliphatic carboxylic acids is 1. The van der Waals surface area contributed by atoms with Crippen molar-refractivity contribution in [1.29, 1.82) is 0 Å². The maximum atomic E-state index is 11.2. The summed E-state index contributed by atoms with van der Waals surface area (Å²) in [6, 6.07) is 7.94. The summed E-state index contributed by atoms with van der Waals surface area (Å²) in [6.07, 6.45) is 3.91. The number of carboxylic acid groups (broad SMARTS) is 1. The number of piperidine rings is 1. The van der Waals surface area contributed by atoms with Crippen LogP contribution in [0.5, 0.6) is 5.75 Å². The number of likely N-dealkylation sites (tertiary alicyclic amines) is 1. The summed E-state index contributed by atoms with van der Waals surface area (Å²) in [5.41, 5.74) is 1.33. The van der Waals surface area contributed by atoms with Crippen molar-refractivity contribution in [2.24, 2.45) is 5.92 Å². The lowest BCUT2D eigenvalue weighted by atomic mass is 9.89. The number of benzene rings is 1. The Morgan fingerprint density at radius 2 is 1.95 bits per heavy atom. The number of carbonyl (C=O) groups is 1. The van der Waals surface area contributed by atoms with Gasteiger partial charge in [-0.3, -0.25) is 9.69 Å². The standard InChI is InChI=1S/C17H25NO3/c1-3-16(17(19)20)18-10-8-14(9-11-18)12-13-4-6-15(21-2)7-5-13/h4-7,14,16H,3,8-12H2,1-2H3,(H,19,20)/t16-/m1/s1. The van der Waals surface area contributed by atoms with Crippen LogP contribution in [0.3, 0.4) is 0 Å². The maximum absolute atomic E-state index is 11.2. The van der Waals surface area contributed by atoms with Crippen molar-refractivity contribution in [3.63, 3.8) is 0 Å². The van der Waals surface area contributed by atoms with Gasteiger partial charge in [0.05, 0.1) is 7.11 Å². The lowest BCUT2D eigenvalue weighted by Gasteiger charge is -2.35. The predicted molar refractivity (Wildman–Crippen MR) is 82.7 cm³/mol. The molecule has 0 aliphatic carbocycles. The predicted octanol–water partition coefficient (Wildman–Crippen LogP) is 2.81. The smallest absolute Gasteiger partial charge is 0.320 e. The van der Waals surface area contributed by atoms with Crippen LogP contribution in [0.25, 0.3) is 0 Å². The number of rotatable bonds is 6. The fourth-order valence-corrected chi connectivity index (χ4v) is 3.15. The van der Waals surface area contributed by atoms with Crippen molar-refractivity contribution in [1.82, 2.24) is 4.90 Å². The largest absolute Gasteiger partial charge is 0.497 e. The van der Waals surface area contributed by atoms with Crippen molar-refractivity contribution >= 4 is 5.97 Å². The monoisotopic (exact) mass is 291 g/mol. The van der Waals surface area contributed by atoms with Gasteiger partial charge in [0.25, 0.3) is 0 Å². The summed E-state index contributed by atoms with van der Waals surface area (Å²) in [4.78, 5) is 13.3. The van der Waals surface area contributed by atoms with Gasteiger partial charge in [-0.25, -0.2) is 0 Å². The van der Waals surface area contributed by atoms with Crippen molar-refractivity contribution in [2.45, 2.75) is 38.6 Å². The summed E-state index contributed by atoms with van der Waals surface area (Å²) in [7, 11) is 1.68. The summed E-state index contributed by atoms with van der Waals surface area (Å²) in [6.45, 7) is 3.74. The summed E-state index contributed by atoms with van der Waals surface area (Å²) >= 11 is 0. The van der Waals surface area contributed by atoms with Crippen LogP contribution in [0.2, 0.25) is 0 Å². The zero-order valence-electron chi connectivity index (χ0n) is 12.9. The van der Waals surface area contributed by atoms with Gasteiger partial charge >= 0.3 is 5.97 Å². The molecule has 0 bridgehead atoms. The van der Waals surface area contributed by atoms with Gasteiger partial charge in [0.15, 0.2) is 0 Å². The highest BCUT2D eigenvalue weighted by Gasteiger charge is 2.28. The second-order valence-corrected chi connectivity index (χ2v) is 5.79. The van der Waals surface area contributed by atoms with Crippen LogP contribution in [0, 0.1) is 5.92 Å². The minimum absolute atomic E-state index is 0.313. The summed E-state index contributed by atoms with van der Waals surface area (Å²) in [5.74, 6) is 0.855. The van der Waals surface area contributed by atoms with Crippen LogP contribution in [0.15, 0.2) is 24.3 Å². The molecule has 116 valence electrons. The quantitative estimate of drug-likeness (QED) is 0.875. The lowest BCUT2D eigenvalue weighted by molar-refractivity contribution is -0.144. The average Bonchev–Trinajstić information content (AvgIpc) is 2.50. The third-order valence-corrected chi connectivity index (χ3v) is 4.45. The molecule has 0 saturated carbocycles. The van der Waals surface area contributed by atoms with E-state index >= 15 is 0 Å². The Morgan fingerprint density at radius 3 is 2.43 bits per heavy atom. The molecule has 1 fully saturated rings. The van der Waals surface area contributed by atoms with E-state index in [0.29, 0.717) is 12.3 Å². The number of hydrogen-bond acceptors (Lipinski definition) is 3. The topological polar surface area (TPSA) is 49.8 Å². The first-order chi connectivity index (χ1) is 10.1. The Hall–Kier alpha value is -1.55. The number of ether oxygens (including phenoxy) is 1. The van der Waals surface area contributed by atoms with Gasteiger partial charge in [-0.2, -0.15) is 0 Å². The molecule has 21 heavy (non-hydrogen) atoms. The number of nitrogens with zero attached hydrogens (tertiary/aromatic N) is 1. The molecule has 1 N–H and O–H groups in total. The molecule has 1 aromatic carbocycles. The van der Waals surface area contributed by atoms with E-state index in [-0.39, 0.29) is 6.04 Å². The summed E-state index contributed by atoms with van der Waals surface area (Å²) in [5, 5.41) is 9.22. The highest BCUT2D eigenvalue weighted by molar-refractivity contribution is 5.73. The molecular weight excluding hydrogens is 266 g/mol. The molecule has 1 atom stereocenters. The van der Waals surface area contributed by atoms with E-state index < -0.39 is 5.97 Å². The van der Waals surface area contributed by atoms with Crippen molar-refractivity contribution in [3.05, 3.63) is 29.8 Å². The molecule has 2 rings (SSSR count). The Morgan fingerprint density at radius 1 is 1.33 bits per heavy atom. The molecule has 0 aromatic heterocycles. The second kappa shape index (κ2) is 7.46. The van der Waals surface area contributed by atoms with Gasteiger partial charge in [0, 0.05) is 0 Å². The number of methoxy groups -OCH3 is 1. The van der Waals surface area contributed by atoms with Gasteiger partial charge in [-0.15, -0.1) is 0 Å². The van der Waals surface area contributed by atoms with Crippen LogP contribution in [0.1, 0.15) is 31.7 Å². The minimum Gasteiger partial charge on any atom is -0.497 e. The molecule has 1 saturated heterocycles. The molecule has 0 amide bonds. The zero-order valence-corrected chi connectivity index (χ0v) is 12.9. The first-order valence-electron chi connectivity index (χ1n) is 7.73. The van der Waals surface area contributed by atoms with E-state index in [1.54, 1.807) is 7.11 Å². The van der Waals surface area contributed by atoms with Gasteiger partial charge < -0.3 is 9.84 Å². The Balaban J connectivity index is 1.84. The number of carboxylic acids is 1. The van der Waals surface area contributed by atoms with E-state index in [0.717, 1.165) is 38.1 Å². The van der Waals surface area contributed by atoms with Crippen LogP contribution in [-0.2, 0) is 11.2 Å². The molecule has 1 aliphatic heterocycles. The van der Waals surface area contributed by atoms with Crippen LogP contribution < -0.4 is 4.74 Å². The second-order valence-electron chi connectivity index (χ2n) is 5.79. The van der Waals surface area contributed by atoms with Crippen molar-refractivity contribution < 1.29 is 14.6 Å². The first kappa shape index (κ1) is 15.8. The Bertz CT molecular complexity index is 450. The van der Waals surface area contributed by atoms with Gasteiger partial charge in [-0.05, 0) is 62.4 Å². The average molecular weight is 291 g/mol. The van der Waals surface area contributed by atoms with Crippen LogP contribution in [-0.4, -0.2) is 42.2 Å². The van der Waals surface area contributed by atoms with Crippen LogP contribution >= 0.6 is 0 Å². The highest BCUT2D eigenvalue weighted by Crippen LogP contribution is 2.24. The molecule has 0 unspecified atom stereocenters. The fraction of sp³-hybridized carbons (Fsp3) is 0.588. The van der Waals surface area contributed by atoms with E-state index in [2.05, 4.69) is 17.0 Å².